The van der Waals surface area contributed by atoms with Gasteiger partial charge in [-0.1, -0.05) is 12.1 Å². The number of nitrogens with zero attached hydrogens (tertiary/aromatic N) is 1. The van der Waals surface area contributed by atoms with Gasteiger partial charge >= 0.3 is 0 Å². The van der Waals surface area contributed by atoms with Crippen LogP contribution < -0.4 is 16.0 Å². The van der Waals surface area contributed by atoms with Gasteiger partial charge in [0, 0.05) is 5.56 Å². The lowest BCUT2D eigenvalue weighted by atomic mass is 9.98. The molecule has 0 aliphatic carbocycles. The van der Waals surface area contributed by atoms with Crippen LogP contribution in [-0.4, -0.2) is 12.1 Å². The molecule has 2 aromatic rings. The Morgan fingerprint density at radius 2 is 1.95 bits per heavy atom. The molecule has 1 aromatic carbocycles. The Balaban J connectivity index is 2.58. The summed E-state index contributed by atoms with van der Waals surface area (Å²) >= 11 is 1.66. The highest BCUT2D eigenvalue weighted by Gasteiger charge is 2.23. The summed E-state index contributed by atoms with van der Waals surface area (Å²) in [5.74, 6) is 6.69. The van der Waals surface area contributed by atoms with E-state index in [4.69, 9.17) is 10.6 Å². The van der Waals surface area contributed by atoms with Crippen molar-refractivity contribution >= 4 is 11.3 Å². The molecule has 0 saturated carbocycles. The summed E-state index contributed by atoms with van der Waals surface area (Å²) in [7, 11) is 1.70. The van der Waals surface area contributed by atoms with E-state index in [-0.39, 0.29) is 6.04 Å². The summed E-state index contributed by atoms with van der Waals surface area (Å²) < 4.78 is 5.60. The largest absolute Gasteiger partial charge is 0.496 e. The lowest BCUT2D eigenvalue weighted by Crippen LogP contribution is -2.29. The molecule has 1 unspecified atom stereocenters. The van der Waals surface area contributed by atoms with E-state index in [2.05, 4.69) is 36.4 Å². The molecule has 20 heavy (non-hydrogen) atoms. The Labute approximate surface area is 124 Å². The zero-order chi connectivity index (χ0) is 14.9. The fraction of sp³-hybridized carbons (Fsp3) is 0.400. The Bertz CT molecular complexity index is 622. The standard InChI is InChI=1S/C15H21N3OS/c1-8-6-7-12(14(19-5)9(8)2)13(18-16)15-10(3)17-11(4)20-15/h6-7,13,18H,16H2,1-5H3. The maximum Gasteiger partial charge on any atom is 0.127 e. The summed E-state index contributed by atoms with van der Waals surface area (Å²) in [4.78, 5) is 5.61. The molecule has 1 heterocycles. The molecule has 0 fully saturated rings. The molecular weight excluding hydrogens is 270 g/mol. The number of hydrazine groups is 1. The van der Waals surface area contributed by atoms with Crippen molar-refractivity contribution in [2.75, 3.05) is 7.11 Å². The molecule has 1 aromatic heterocycles. The van der Waals surface area contributed by atoms with Crippen LogP contribution in [0.15, 0.2) is 12.1 Å². The molecule has 0 spiro atoms. The van der Waals surface area contributed by atoms with Crippen LogP contribution in [0.3, 0.4) is 0 Å². The number of benzene rings is 1. The van der Waals surface area contributed by atoms with Gasteiger partial charge in [-0.05, 0) is 38.8 Å². The number of nitrogens with two attached hydrogens (primary N) is 1. The van der Waals surface area contributed by atoms with Crippen molar-refractivity contribution in [2.45, 2.75) is 33.7 Å². The van der Waals surface area contributed by atoms with Crippen molar-refractivity contribution in [3.05, 3.63) is 44.4 Å². The molecule has 0 aliphatic heterocycles. The number of hydrogen-bond acceptors (Lipinski definition) is 5. The predicted octanol–water partition coefficient (Wildman–Crippen LogP) is 2.94. The average molecular weight is 291 g/mol. The normalized spacial score (nSPS) is 12.5. The number of methoxy groups -OCH3 is 1. The summed E-state index contributed by atoms with van der Waals surface area (Å²) in [5, 5.41) is 1.04. The van der Waals surface area contributed by atoms with Crippen LogP contribution in [0.5, 0.6) is 5.75 Å². The SMILES string of the molecule is COc1c(C(NN)c2sc(C)nc2C)ccc(C)c1C. The van der Waals surface area contributed by atoms with Gasteiger partial charge in [0.1, 0.15) is 5.75 Å². The highest BCUT2D eigenvalue weighted by atomic mass is 32.1. The van der Waals surface area contributed by atoms with E-state index in [1.165, 1.54) is 5.56 Å². The highest BCUT2D eigenvalue weighted by molar-refractivity contribution is 7.11. The smallest absolute Gasteiger partial charge is 0.127 e. The molecule has 0 amide bonds. The van der Waals surface area contributed by atoms with E-state index < -0.39 is 0 Å². The number of ether oxygens (including phenoxy) is 1. The molecule has 3 N–H and O–H groups in total. The Hall–Kier alpha value is -1.43. The fourth-order valence-corrected chi connectivity index (χ4v) is 3.44. The second kappa shape index (κ2) is 5.91. The van der Waals surface area contributed by atoms with Crippen molar-refractivity contribution in [2.24, 2.45) is 5.84 Å². The third-order valence-electron chi connectivity index (χ3n) is 3.59. The first-order chi connectivity index (χ1) is 9.49. The van der Waals surface area contributed by atoms with Gasteiger partial charge in [0.2, 0.25) is 0 Å². The molecule has 5 heteroatoms. The van der Waals surface area contributed by atoms with Gasteiger partial charge in [0.15, 0.2) is 0 Å². The summed E-state index contributed by atoms with van der Waals surface area (Å²) in [6.07, 6.45) is 0. The second-order valence-electron chi connectivity index (χ2n) is 4.91. The summed E-state index contributed by atoms with van der Waals surface area (Å²) in [6.45, 7) is 8.16. The first-order valence-electron chi connectivity index (χ1n) is 6.53. The van der Waals surface area contributed by atoms with Crippen LogP contribution in [0, 0.1) is 27.7 Å². The van der Waals surface area contributed by atoms with Gasteiger partial charge in [-0.25, -0.2) is 10.4 Å². The molecule has 0 saturated heterocycles. The van der Waals surface area contributed by atoms with E-state index >= 15 is 0 Å². The molecule has 0 aliphatic rings. The average Bonchev–Trinajstić information content (AvgIpc) is 2.74. The number of hydrogen-bond donors (Lipinski definition) is 2. The second-order valence-corrected chi connectivity index (χ2v) is 6.15. The summed E-state index contributed by atoms with van der Waals surface area (Å²) in [5.41, 5.74) is 7.31. The van der Waals surface area contributed by atoms with Gasteiger partial charge in [-0.3, -0.25) is 5.84 Å². The zero-order valence-electron chi connectivity index (χ0n) is 12.6. The molecule has 4 nitrogen and oxygen atoms in total. The lowest BCUT2D eigenvalue weighted by molar-refractivity contribution is 0.401. The topological polar surface area (TPSA) is 60.2 Å². The van der Waals surface area contributed by atoms with E-state index in [1.807, 2.05) is 13.8 Å². The van der Waals surface area contributed by atoms with Crippen molar-refractivity contribution in [3.8, 4) is 5.75 Å². The number of aryl methyl sites for hydroxylation is 3. The molecule has 0 radical (unpaired) electrons. The monoisotopic (exact) mass is 291 g/mol. The van der Waals surface area contributed by atoms with Crippen LogP contribution >= 0.6 is 11.3 Å². The molecular formula is C15H21N3OS. The van der Waals surface area contributed by atoms with Gasteiger partial charge in [0.25, 0.3) is 0 Å². The number of aromatic nitrogens is 1. The molecule has 1 atom stereocenters. The number of thiazole rings is 1. The fourth-order valence-electron chi connectivity index (χ4n) is 2.43. The number of nitrogens with one attached hydrogen (secondary N) is 1. The predicted molar refractivity (Wildman–Crippen MR) is 83.2 cm³/mol. The quantitative estimate of drug-likeness (QED) is 0.671. The van der Waals surface area contributed by atoms with Crippen LogP contribution in [0.1, 0.15) is 38.3 Å². The van der Waals surface area contributed by atoms with Crippen molar-refractivity contribution < 1.29 is 4.74 Å². The molecule has 0 bridgehead atoms. The van der Waals surface area contributed by atoms with Crippen LogP contribution in [-0.2, 0) is 0 Å². The highest BCUT2D eigenvalue weighted by Crippen LogP contribution is 2.36. The first-order valence-corrected chi connectivity index (χ1v) is 7.35. The minimum Gasteiger partial charge on any atom is -0.496 e. The van der Waals surface area contributed by atoms with Crippen molar-refractivity contribution in [1.82, 2.24) is 10.4 Å². The maximum atomic E-state index is 5.80. The van der Waals surface area contributed by atoms with Crippen molar-refractivity contribution in [3.63, 3.8) is 0 Å². The maximum absolute atomic E-state index is 5.80. The number of rotatable bonds is 4. The Morgan fingerprint density at radius 3 is 2.45 bits per heavy atom. The minimum absolute atomic E-state index is 0.101. The van der Waals surface area contributed by atoms with E-state index in [9.17, 15) is 0 Å². The van der Waals surface area contributed by atoms with Crippen LogP contribution in [0.4, 0.5) is 0 Å². The van der Waals surface area contributed by atoms with Gasteiger partial charge in [-0.15, -0.1) is 11.3 Å². The minimum atomic E-state index is -0.101. The van der Waals surface area contributed by atoms with Crippen LogP contribution in [0.2, 0.25) is 0 Å². The zero-order valence-corrected chi connectivity index (χ0v) is 13.4. The third-order valence-corrected chi connectivity index (χ3v) is 4.73. The summed E-state index contributed by atoms with van der Waals surface area (Å²) in [6, 6.07) is 4.07. The lowest BCUT2D eigenvalue weighted by Gasteiger charge is -2.21. The Kier molecular flexibility index (Phi) is 4.42. The molecule has 2 rings (SSSR count). The van der Waals surface area contributed by atoms with E-state index in [0.717, 1.165) is 32.5 Å². The Morgan fingerprint density at radius 1 is 1.25 bits per heavy atom. The van der Waals surface area contributed by atoms with E-state index in [1.54, 1.807) is 18.4 Å². The van der Waals surface area contributed by atoms with Gasteiger partial charge < -0.3 is 4.74 Å². The first kappa shape index (κ1) is 15.0. The molecule has 108 valence electrons. The van der Waals surface area contributed by atoms with Crippen LogP contribution in [0.25, 0.3) is 0 Å². The third kappa shape index (κ3) is 2.57. The van der Waals surface area contributed by atoms with Gasteiger partial charge in [0.05, 0.1) is 28.7 Å². The van der Waals surface area contributed by atoms with Crippen molar-refractivity contribution in [1.29, 1.82) is 0 Å². The van der Waals surface area contributed by atoms with E-state index in [0.29, 0.717) is 0 Å². The van der Waals surface area contributed by atoms with Gasteiger partial charge in [-0.2, -0.15) is 0 Å².